The molecule has 0 atom stereocenters. The number of hydrogen-bond donors (Lipinski definition) is 1. The molecule has 0 radical (unpaired) electrons. The summed E-state index contributed by atoms with van der Waals surface area (Å²) in [5, 5.41) is 3.12. The van der Waals surface area contributed by atoms with Gasteiger partial charge in [-0.2, -0.15) is 0 Å². The first-order chi connectivity index (χ1) is 5.88. The van der Waals surface area contributed by atoms with Gasteiger partial charge in [0.15, 0.2) is 0 Å². The monoisotopic (exact) mass is 199 g/mol. The molecule has 0 unspecified atom stereocenters. The number of aromatic nitrogens is 3. The minimum absolute atomic E-state index is 0.354. The first-order valence-corrected chi connectivity index (χ1v) is 4.91. The molecular formula is C9H17N3S. The zero-order valence-electron chi connectivity index (χ0n) is 8.72. The lowest BCUT2D eigenvalue weighted by molar-refractivity contribution is 0.374. The molecule has 0 spiro atoms. The van der Waals surface area contributed by atoms with Gasteiger partial charge in [-0.1, -0.05) is 20.8 Å². The standard InChI is InChI=1S/C9H17N3S/c1-9(2,3)6-5-7-10-8(13)12(4)11-7/h5-6H2,1-4H3,(H,10,11,13). The Morgan fingerprint density at radius 2 is 2.08 bits per heavy atom. The number of hydrogen-bond acceptors (Lipinski definition) is 2. The normalized spacial score (nSPS) is 12.0. The van der Waals surface area contributed by atoms with Crippen LogP contribution < -0.4 is 0 Å². The highest BCUT2D eigenvalue weighted by atomic mass is 32.1. The van der Waals surface area contributed by atoms with Crippen LogP contribution in [0.1, 0.15) is 33.0 Å². The lowest BCUT2D eigenvalue weighted by Gasteiger charge is -2.16. The van der Waals surface area contributed by atoms with Crippen LogP contribution in [-0.4, -0.2) is 14.8 Å². The maximum absolute atomic E-state index is 5.00. The van der Waals surface area contributed by atoms with Crippen molar-refractivity contribution in [1.82, 2.24) is 14.8 Å². The first kappa shape index (κ1) is 10.4. The quantitative estimate of drug-likeness (QED) is 0.742. The minimum atomic E-state index is 0.354. The second-order valence-electron chi connectivity index (χ2n) is 4.57. The summed E-state index contributed by atoms with van der Waals surface area (Å²) in [5.74, 6) is 0.988. The van der Waals surface area contributed by atoms with Crippen molar-refractivity contribution in [1.29, 1.82) is 0 Å². The molecule has 0 aliphatic rings. The van der Waals surface area contributed by atoms with Gasteiger partial charge in [-0.25, -0.2) is 4.98 Å². The van der Waals surface area contributed by atoms with Crippen molar-refractivity contribution >= 4 is 12.2 Å². The van der Waals surface area contributed by atoms with Crippen molar-refractivity contribution < 1.29 is 0 Å². The van der Waals surface area contributed by atoms with Gasteiger partial charge in [0, 0.05) is 13.5 Å². The summed E-state index contributed by atoms with van der Waals surface area (Å²) in [7, 11) is 1.88. The molecule has 0 fully saturated rings. The van der Waals surface area contributed by atoms with Crippen LogP contribution in [0.5, 0.6) is 0 Å². The van der Waals surface area contributed by atoms with Gasteiger partial charge in [-0.3, -0.25) is 9.78 Å². The third kappa shape index (κ3) is 3.30. The molecule has 1 aromatic rings. The van der Waals surface area contributed by atoms with E-state index >= 15 is 0 Å². The van der Waals surface area contributed by atoms with Crippen LogP contribution in [0, 0.1) is 10.2 Å². The van der Waals surface area contributed by atoms with E-state index in [1.54, 1.807) is 4.68 Å². The maximum atomic E-state index is 5.00. The number of aromatic amines is 1. The van der Waals surface area contributed by atoms with Gasteiger partial charge >= 0.3 is 0 Å². The van der Waals surface area contributed by atoms with Crippen LogP contribution in [0.4, 0.5) is 0 Å². The van der Waals surface area contributed by atoms with Gasteiger partial charge in [-0.05, 0) is 24.1 Å². The van der Waals surface area contributed by atoms with Crippen LogP contribution in [0.2, 0.25) is 0 Å². The SMILES string of the molecule is Cn1[nH]c(CCC(C)(C)C)nc1=S. The molecule has 0 aromatic carbocycles. The second-order valence-corrected chi connectivity index (χ2v) is 4.94. The van der Waals surface area contributed by atoms with Gasteiger partial charge in [0.1, 0.15) is 5.82 Å². The van der Waals surface area contributed by atoms with Crippen molar-refractivity contribution in [2.45, 2.75) is 33.6 Å². The summed E-state index contributed by atoms with van der Waals surface area (Å²) >= 11 is 5.00. The van der Waals surface area contributed by atoms with E-state index in [4.69, 9.17) is 12.2 Å². The van der Waals surface area contributed by atoms with Gasteiger partial charge in [-0.15, -0.1) is 0 Å². The van der Waals surface area contributed by atoms with E-state index in [1.165, 1.54) is 0 Å². The van der Waals surface area contributed by atoms with Crippen molar-refractivity contribution in [3.8, 4) is 0 Å². The topological polar surface area (TPSA) is 33.6 Å². The van der Waals surface area contributed by atoms with Crippen LogP contribution >= 0.6 is 12.2 Å². The summed E-state index contributed by atoms with van der Waals surface area (Å²) < 4.78 is 2.40. The summed E-state index contributed by atoms with van der Waals surface area (Å²) in [4.78, 5) is 4.24. The van der Waals surface area contributed by atoms with E-state index < -0.39 is 0 Å². The van der Waals surface area contributed by atoms with E-state index in [-0.39, 0.29) is 0 Å². The molecule has 0 amide bonds. The Labute approximate surface area is 84.2 Å². The zero-order valence-corrected chi connectivity index (χ0v) is 9.53. The molecule has 1 heterocycles. The van der Waals surface area contributed by atoms with E-state index in [0.29, 0.717) is 10.2 Å². The molecule has 1 rings (SSSR count). The molecule has 0 saturated heterocycles. The molecule has 0 bridgehead atoms. The highest BCUT2D eigenvalue weighted by Gasteiger charge is 2.11. The summed E-state index contributed by atoms with van der Waals surface area (Å²) in [6.07, 6.45) is 2.09. The Hall–Kier alpha value is -0.640. The molecule has 3 nitrogen and oxygen atoms in total. The van der Waals surface area contributed by atoms with E-state index in [2.05, 4.69) is 30.9 Å². The van der Waals surface area contributed by atoms with E-state index in [1.807, 2.05) is 7.05 Å². The number of aryl methyl sites for hydroxylation is 2. The van der Waals surface area contributed by atoms with Crippen molar-refractivity contribution in [3.63, 3.8) is 0 Å². The summed E-state index contributed by atoms with van der Waals surface area (Å²) in [5.41, 5.74) is 0.354. The lowest BCUT2D eigenvalue weighted by Crippen LogP contribution is -2.07. The largest absolute Gasteiger partial charge is 0.283 e. The van der Waals surface area contributed by atoms with Gasteiger partial charge in [0.25, 0.3) is 0 Å². The van der Waals surface area contributed by atoms with Crippen LogP contribution in [-0.2, 0) is 13.5 Å². The molecule has 0 aliphatic heterocycles. The van der Waals surface area contributed by atoms with E-state index in [9.17, 15) is 0 Å². The average Bonchev–Trinajstić information content (AvgIpc) is 2.27. The smallest absolute Gasteiger partial charge is 0.215 e. The first-order valence-electron chi connectivity index (χ1n) is 4.50. The van der Waals surface area contributed by atoms with Gasteiger partial charge < -0.3 is 0 Å². The Morgan fingerprint density at radius 3 is 2.46 bits per heavy atom. The molecule has 4 heteroatoms. The molecule has 0 saturated carbocycles. The molecule has 1 aromatic heterocycles. The minimum Gasteiger partial charge on any atom is -0.283 e. The molecule has 74 valence electrons. The molecule has 0 aliphatic carbocycles. The fourth-order valence-corrected chi connectivity index (χ4v) is 1.22. The van der Waals surface area contributed by atoms with Crippen molar-refractivity contribution in [3.05, 3.63) is 10.6 Å². The Balaban J connectivity index is 2.61. The summed E-state index contributed by atoms with van der Waals surface area (Å²) in [6, 6.07) is 0. The summed E-state index contributed by atoms with van der Waals surface area (Å²) in [6.45, 7) is 6.68. The predicted octanol–water partition coefficient (Wildman–Crippen LogP) is 2.46. The fraction of sp³-hybridized carbons (Fsp3) is 0.778. The molecule has 13 heavy (non-hydrogen) atoms. The average molecular weight is 199 g/mol. The third-order valence-electron chi connectivity index (χ3n) is 1.93. The Morgan fingerprint density at radius 1 is 1.46 bits per heavy atom. The molecule has 1 N–H and O–H groups in total. The van der Waals surface area contributed by atoms with Gasteiger partial charge in [0.2, 0.25) is 4.77 Å². The van der Waals surface area contributed by atoms with Crippen molar-refractivity contribution in [2.24, 2.45) is 12.5 Å². The highest BCUT2D eigenvalue weighted by molar-refractivity contribution is 7.71. The Kier molecular flexibility index (Phi) is 2.91. The third-order valence-corrected chi connectivity index (χ3v) is 2.29. The number of rotatable bonds is 2. The van der Waals surface area contributed by atoms with Crippen LogP contribution in [0.25, 0.3) is 0 Å². The molecular weight excluding hydrogens is 182 g/mol. The van der Waals surface area contributed by atoms with Crippen LogP contribution in [0.15, 0.2) is 0 Å². The zero-order chi connectivity index (χ0) is 10.1. The fourth-order valence-electron chi connectivity index (χ4n) is 1.06. The maximum Gasteiger partial charge on any atom is 0.215 e. The number of nitrogens with zero attached hydrogens (tertiary/aromatic N) is 2. The van der Waals surface area contributed by atoms with Crippen molar-refractivity contribution in [2.75, 3.05) is 0 Å². The second kappa shape index (κ2) is 3.62. The number of H-pyrrole nitrogens is 1. The predicted molar refractivity (Wildman–Crippen MR) is 56.2 cm³/mol. The highest BCUT2D eigenvalue weighted by Crippen LogP contribution is 2.20. The van der Waals surface area contributed by atoms with Crippen LogP contribution in [0.3, 0.4) is 0 Å². The van der Waals surface area contributed by atoms with Gasteiger partial charge in [0.05, 0.1) is 0 Å². The number of nitrogens with one attached hydrogen (secondary N) is 1. The Bertz CT molecular complexity index is 329. The lowest BCUT2D eigenvalue weighted by atomic mass is 9.90. The van der Waals surface area contributed by atoms with E-state index in [0.717, 1.165) is 18.7 Å².